The third-order valence-electron chi connectivity index (χ3n) is 3.59. The summed E-state index contributed by atoms with van der Waals surface area (Å²) < 4.78 is 14.1. The van der Waals surface area contributed by atoms with Crippen molar-refractivity contribution in [2.75, 3.05) is 6.54 Å². The summed E-state index contributed by atoms with van der Waals surface area (Å²) in [6.07, 6.45) is 3.24. The minimum Gasteiger partial charge on any atom is -0.329 e. The van der Waals surface area contributed by atoms with E-state index in [-0.39, 0.29) is 35.2 Å². The number of rotatable bonds is 6. The smallest absolute Gasteiger partial charge is 0.145 e. The molecule has 2 unspecified atom stereocenters. The fourth-order valence-electron chi connectivity index (χ4n) is 2.43. The molecule has 1 saturated carbocycles. The average molecular weight is 307 g/mol. The number of hydrogen-bond donors (Lipinski definition) is 2. The first kappa shape index (κ1) is 16.7. The van der Waals surface area contributed by atoms with Crippen molar-refractivity contribution >= 4 is 24.0 Å². The van der Waals surface area contributed by atoms with Gasteiger partial charge in [-0.2, -0.15) is 0 Å². The van der Waals surface area contributed by atoms with E-state index >= 15 is 0 Å². The lowest BCUT2D eigenvalue weighted by atomic mass is 9.88. The second kappa shape index (κ2) is 7.44. The second-order valence-electron chi connectivity index (χ2n) is 4.94. The Labute approximate surface area is 125 Å². The Bertz CT molecular complexity index is 410. The Morgan fingerprint density at radius 2 is 2.16 bits per heavy atom. The highest BCUT2D eigenvalue weighted by Crippen LogP contribution is 2.31. The number of nitrogens with two attached hydrogens (primary N) is 1. The summed E-state index contributed by atoms with van der Waals surface area (Å²) >= 11 is 5.85. The first-order valence-corrected chi connectivity index (χ1v) is 6.95. The number of halogens is 3. The molecule has 0 aliphatic heterocycles. The van der Waals surface area contributed by atoms with Crippen molar-refractivity contribution in [3.8, 4) is 0 Å². The first-order valence-electron chi connectivity index (χ1n) is 6.57. The standard InChI is InChI=1S/C14H20ClFN2.ClH/c1-2-10(13(8-17)18-9-6-7-9)11-4-3-5-12(15)14(11)16;/h3-5,9-10,13,18H,2,6-8,17H2,1H3;1H. The summed E-state index contributed by atoms with van der Waals surface area (Å²) in [4.78, 5) is 0. The Morgan fingerprint density at radius 1 is 1.47 bits per heavy atom. The molecule has 3 N–H and O–H groups in total. The second-order valence-corrected chi connectivity index (χ2v) is 5.35. The molecule has 1 aromatic carbocycles. The molecule has 2 atom stereocenters. The fourth-order valence-corrected chi connectivity index (χ4v) is 2.61. The van der Waals surface area contributed by atoms with E-state index in [0.29, 0.717) is 18.2 Å². The SMILES string of the molecule is CCC(c1cccc(Cl)c1F)C(CN)NC1CC1.Cl. The number of benzene rings is 1. The maximum absolute atomic E-state index is 14.1. The summed E-state index contributed by atoms with van der Waals surface area (Å²) in [5.41, 5.74) is 6.51. The summed E-state index contributed by atoms with van der Waals surface area (Å²) in [7, 11) is 0. The van der Waals surface area contributed by atoms with Crippen LogP contribution >= 0.6 is 24.0 Å². The number of nitrogens with one attached hydrogen (secondary N) is 1. The van der Waals surface area contributed by atoms with Gasteiger partial charge in [0.05, 0.1) is 5.02 Å². The van der Waals surface area contributed by atoms with Crippen LogP contribution < -0.4 is 11.1 Å². The van der Waals surface area contributed by atoms with E-state index in [0.717, 1.165) is 6.42 Å². The van der Waals surface area contributed by atoms with E-state index in [4.69, 9.17) is 17.3 Å². The van der Waals surface area contributed by atoms with Gasteiger partial charge in [-0.15, -0.1) is 12.4 Å². The Balaban J connectivity index is 0.00000180. The Morgan fingerprint density at radius 3 is 2.68 bits per heavy atom. The predicted octanol–water partition coefficient (Wildman–Crippen LogP) is 3.47. The van der Waals surface area contributed by atoms with Gasteiger partial charge in [0, 0.05) is 24.5 Å². The minimum absolute atomic E-state index is 0. The van der Waals surface area contributed by atoms with Gasteiger partial charge in [0.1, 0.15) is 5.82 Å². The molecule has 2 nitrogen and oxygen atoms in total. The van der Waals surface area contributed by atoms with Crippen LogP contribution in [0.15, 0.2) is 18.2 Å². The van der Waals surface area contributed by atoms with Crippen LogP contribution in [-0.2, 0) is 0 Å². The molecular weight excluding hydrogens is 286 g/mol. The van der Waals surface area contributed by atoms with Gasteiger partial charge in [-0.05, 0) is 30.9 Å². The molecule has 0 aromatic heterocycles. The third kappa shape index (κ3) is 4.06. The molecular formula is C14H21Cl2FN2. The molecule has 0 heterocycles. The molecule has 1 aromatic rings. The van der Waals surface area contributed by atoms with Crippen molar-refractivity contribution in [3.05, 3.63) is 34.6 Å². The molecule has 1 aliphatic carbocycles. The molecule has 0 bridgehead atoms. The highest BCUT2D eigenvalue weighted by Gasteiger charge is 2.30. The van der Waals surface area contributed by atoms with Gasteiger partial charge < -0.3 is 11.1 Å². The van der Waals surface area contributed by atoms with Crippen molar-refractivity contribution < 1.29 is 4.39 Å². The molecule has 5 heteroatoms. The van der Waals surface area contributed by atoms with Gasteiger partial charge in [0.25, 0.3) is 0 Å². The molecule has 19 heavy (non-hydrogen) atoms. The van der Waals surface area contributed by atoms with Crippen LogP contribution in [0.25, 0.3) is 0 Å². The van der Waals surface area contributed by atoms with Crippen molar-refractivity contribution in [2.24, 2.45) is 5.73 Å². The molecule has 0 saturated heterocycles. The fraction of sp³-hybridized carbons (Fsp3) is 0.571. The highest BCUT2D eigenvalue weighted by atomic mass is 35.5. The van der Waals surface area contributed by atoms with E-state index in [1.165, 1.54) is 12.8 Å². The lowest BCUT2D eigenvalue weighted by molar-refractivity contribution is 0.414. The normalized spacial score (nSPS) is 17.7. The molecule has 0 amide bonds. The average Bonchev–Trinajstić information content (AvgIpc) is 3.17. The quantitative estimate of drug-likeness (QED) is 0.844. The molecule has 1 aliphatic rings. The van der Waals surface area contributed by atoms with E-state index < -0.39 is 0 Å². The lowest BCUT2D eigenvalue weighted by Gasteiger charge is -2.27. The van der Waals surface area contributed by atoms with Crippen LogP contribution in [0.2, 0.25) is 5.02 Å². The molecule has 1 fully saturated rings. The largest absolute Gasteiger partial charge is 0.329 e. The van der Waals surface area contributed by atoms with Crippen LogP contribution in [-0.4, -0.2) is 18.6 Å². The van der Waals surface area contributed by atoms with Gasteiger partial charge in [-0.1, -0.05) is 30.7 Å². The highest BCUT2D eigenvalue weighted by molar-refractivity contribution is 6.30. The summed E-state index contributed by atoms with van der Waals surface area (Å²) in [6.45, 7) is 2.57. The van der Waals surface area contributed by atoms with Gasteiger partial charge >= 0.3 is 0 Å². The zero-order valence-corrected chi connectivity index (χ0v) is 12.6. The van der Waals surface area contributed by atoms with Gasteiger partial charge in [0.15, 0.2) is 0 Å². The molecule has 108 valence electrons. The first-order chi connectivity index (χ1) is 8.67. The van der Waals surface area contributed by atoms with E-state index in [1.54, 1.807) is 12.1 Å². The van der Waals surface area contributed by atoms with Gasteiger partial charge in [-0.3, -0.25) is 0 Å². The van der Waals surface area contributed by atoms with Crippen molar-refractivity contribution in [1.82, 2.24) is 5.32 Å². The summed E-state index contributed by atoms with van der Waals surface area (Å²) in [6, 6.07) is 5.88. The van der Waals surface area contributed by atoms with Gasteiger partial charge in [0.2, 0.25) is 0 Å². The van der Waals surface area contributed by atoms with Crippen LogP contribution in [0.4, 0.5) is 4.39 Å². The Hall–Kier alpha value is -0.350. The predicted molar refractivity (Wildman–Crippen MR) is 80.7 cm³/mol. The Kier molecular flexibility index (Phi) is 6.54. The van der Waals surface area contributed by atoms with Crippen LogP contribution in [0.3, 0.4) is 0 Å². The van der Waals surface area contributed by atoms with Crippen molar-refractivity contribution in [1.29, 1.82) is 0 Å². The monoisotopic (exact) mass is 306 g/mol. The zero-order chi connectivity index (χ0) is 13.1. The van der Waals surface area contributed by atoms with E-state index in [9.17, 15) is 4.39 Å². The van der Waals surface area contributed by atoms with Gasteiger partial charge in [-0.25, -0.2) is 4.39 Å². The summed E-state index contributed by atoms with van der Waals surface area (Å²) in [5.74, 6) is -0.226. The molecule has 0 radical (unpaired) electrons. The third-order valence-corrected chi connectivity index (χ3v) is 3.88. The topological polar surface area (TPSA) is 38.0 Å². The molecule has 2 rings (SSSR count). The molecule has 0 spiro atoms. The van der Waals surface area contributed by atoms with Crippen LogP contribution in [0.1, 0.15) is 37.7 Å². The van der Waals surface area contributed by atoms with E-state index in [1.807, 2.05) is 6.07 Å². The maximum Gasteiger partial charge on any atom is 0.145 e. The van der Waals surface area contributed by atoms with Crippen LogP contribution in [0, 0.1) is 5.82 Å². The summed E-state index contributed by atoms with van der Waals surface area (Å²) in [5, 5.41) is 3.69. The van der Waals surface area contributed by atoms with Crippen molar-refractivity contribution in [2.45, 2.75) is 44.2 Å². The van der Waals surface area contributed by atoms with Crippen molar-refractivity contribution in [3.63, 3.8) is 0 Å². The number of hydrogen-bond acceptors (Lipinski definition) is 2. The lowest BCUT2D eigenvalue weighted by Crippen LogP contribution is -2.42. The van der Waals surface area contributed by atoms with Crippen LogP contribution in [0.5, 0.6) is 0 Å². The maximum atomic E-state index is 14.1. The van der Waals surface area contributed by atoms with E-state index in [2.05, 4.69) is 12.2 Å². The minimum atomic E-state index is -0.304. The zero-order valence-electron chi connectivity index (χ0n) is 11.0.